The van der Waals surface area contributed by atoms with Gasteiger partial charge in [-0.2, -0.15) is 0 Å². The second-order valence-electron chi connectivity index (χ2n) is 9.29. The Morgan fingerprint density at radius 1 is 0.975 bits per heavy atom. The number of pyridine rings is 1. The minimum atomic E-state index is -0.461. The molecule has 0 bridgehead atoms. The van der Waals surface area contributed by atoms with Crippen LogP contribution in [-0.2, 0) is 16.1 Å². The normalized spacial score (nSPS) is 16.5. The molecule has 0 unspecified atom stereocenters. The lowest BCUT2D eigenvalue weighted by molar-refractivity contribution is -0.135. The van der Waals surface area contributed by atoms with Gasteiger partial charge in [-0.15, -0.1) is 0 Å². The number of ether oxygens (including phenoxy) is 4. The van der Waals surface area contributed by atoms with Crippen molar-refractivity contribution in [1.82, 2.24) is 4.98 Å². The molecule has 3 heterocycles. The van der Waals surface area contributed by atoms with Crippen LogP contribution < -0.4 is 14.2 Å². The Kier molecular flexibility index (Phi) is 6.57. The van der Waals surface area contributed by atoms with Crippen LogP contribution in [0.5, 0.6) is 17.2 Å². The Hall–Kier alpha value is -5.24. The van der Waals surface area contributed by atoms with Gasteiger partial charge in [-0.3, -0.25) is 14.6 Å². The van der Waals surface area contributed by atoms with E-state index >= 15 is 0 Å². The molecule has 3 aromatic carbocycles. The van der Waals surface area contributed by atoms with Crippen molar-refractivity contribution in [2.45, 2.75) is 18.9 Å². The number of carbonyl (C=O) groups is 3. The van der Waals surface area contributed by atoms with Crippen LogP contribution in [0, 0.1) is 0 Å². The van der Waals surface area contributed by atoms with Crippen LogP contribution in [-0.4, -0.2) is 29.8 Å². The molecule has 0 saturated heterocycles. The van der Waals surface area contributed by atoms with Gasteiger partial charge in [0.2, 0.25) is 5.78 Å². The van der Waals surface area contributed by atoms with E-state index in [1.807, 2.05) is 42.5 Å². The second-order valence-corrected chi connectivity index (χ2v) is 9.29. The van der Waals surface area contributed by atoms with Crippen molar-refractivity contribution in [3.8, 4) is 17.2 Å². The molecular weight excluding hydrogens is 510 g/mol. The monoisotopic (exact) mass is 533 g/mol. The molecule has 0 radical (unpaired) electrons. The number of allylic oxidation sites excluding steroid dienone is 1. The summed E-state index contributed by atoms with van der Waals surface area (Å²) in [6, 6.07) is 23.0. The van der Waals surface area contributed by atoms with Gasteiger partial charge in [0.25, 0.3) is 0 Å². The average molecular weight is 534 g/mol. The number of rotatable bonds is 6. The number of hydrogen-bond acceptors (Lipinski definition) is 8. The van der Waals surface area contributed by atoms with E-state index in [2.05, 4.69) is 4.98 Å². The van der Waals surface area contributed by atoms with Gasteiger partial charge >= 0.3 is 11.9 Å². The lowest BCUT2D eigenvalue weighted by Gasteiger charge is -2.27. The molecule has 6 rings (SSSR count). The summed E-state index contributed by atoms with van der Waals surface area (Å²) < 4.78 is 22.6. The SMILES string of the molecule is COC(=O)c1ccc(/C=C2\Oc3c(ccc4c3[C@@H](c3ccccc3OCc3ccccn3)CC(=O)O4)C2=O)cc1. The third-order valence-corrected chi connectivity index (χ3v) is 6.81. The number of para-hydroxylation sites is 1. The molecule has 2 aliphatic rings. The first-order valence-electron chi connectivity index (χ1n) is 12.6. The molecule has 8 nitrogen and oxygen atoms in total. The van der Waals surface area contributed by atoms with E-state index in [1.54, 1.807) is 48.7 Å². The topological polar surface area (TPSA) is 101 Å². The van der Waals surface area contributed by atoms with E-state index in [-0.39, 0.29) is 30.5 Å². The smallest absolute Gasteiger partial charge is 0.337 e. The van der Waals surface area contributed by atoms with Gasteiger partial charge < -0.3 is 18.9 Å². The van der Waals surface area contributed by atoms with Gasteiger partial charge in [0.05, 0.1) is 30.4 Å². The molecule has 4 aromatic rings. The van der Waals surface area contributed by atoms with Crippen LogP contribution in [0.15, 0.2) is 90.8 Å². The molecule has 0 saturated carbocycles. The molecule has 2 aliphatic heterocycles. The summed E-state index contributed by atoms with van der Waals surface area (Å²) in [4.78, 5) is 42.0. The number of methoxy groups -OCH3 is 1. The van der Waals surface area contributed by atoms with Crippen molar-refractivity contribution < 1.29 is 33.3 Å². The van der Waals surface area contributed by atoms with Crippen LogP contribution in [0.1, 0.15) is 55.4 Å². The van der Waals surface area contributed by atoms with Gasteiger partial charge in [0, 0.05) is 23.2 Å². The van der Waals surface area contributed by atoms with Gasteiger partial charge in [0.1, 0.15) is 23.9 Å². The molecule has 0 amide bonds. The molecule has 8 heteroatoms. The Morgan fingerprint density at radius 2 is 1.77 bits per heavy atom. The van der Waals surface area contributed by atoms with Crippen LogP contribution in [0.2, 0.25) is 0 Å². The zero-order valence-electron chi connectivity index (χ0n) is 21.5. The molecular formula is C32H23NO7. The lowest BCUT2D eigenvalue weighted by atomic mass is 9.84. The summed E-state index contributed by atoms with van der Waals surface area (Å²) >= 11 is 0. The first-order chi connectivity index (χ1) is 19.5. The highest BCUT2D eigenvalue weighted by atomic mass is 16.5. The number of aromatic nitrogens is 1. The van der Waals surface area contributed by atoms with Crippen molar-refractivity contribution in [2.24, 2.45) is 0 Å². The zero-order chi connectivity index (χ0) is 27.6. The summed E-state index contributed by atoms with van der Waals surface area (Å²) in [5.41, 5.74) is 3.61. The Bertz CT molecular complexity index is 1660. The maximum atomic E-state index is 13.3. The maximum Gasteiger partial charge on any atom is 0.337 e. The lowest BCUT2D eigenvalue weighted by Crippen LogP contribution is -2.22. The number of ketones is 1. The number of fused-ring (bicyclic) bond motifs is 3. The molecule has 0 fully saturated rings. The Balaban J connectivity index is 1.35. The van der Waals surface area contributed by atoms with E-state index in [9.17, 15) is 14.4 Å². The van der Waals surface area contributed by atoms with Crippen LogP contribution in [0.4, 0.5) is 0 Å². The fourth-order valence-corrected chi connectivity index (χ4v) is 4.89. The number of hydrogen-bond donors (Lipinski definition) is 0. The number of Topliss-reactive ketones (excluding diaryl/α,β-unsaturated/α-hetero) is 1. The first kappa shape index (κ1) is 25.1. The maximum absolute atomic E-state index is 13.3. The molecule has 1 aromatic heterocycles. The first-order valence-corrected chi connectivity index (χ1v) is 12.6. The van der Waals surface area contributed by atoms with Crippen LogP contribution >= 0.6 is 0 Å². The molecule has 1 atom stereocenters. The summed E-state index contributed by atoms with van der Waals surface area (Å²) in [6.45, 7) is 0.255. The number of esters is 2. The Morgan fingerprint density at radius 3 is 2.55 bits per heavy atom. The van der Waals surface area contributed by atoms with Crippen molar-refractivity contribution in [3.05, 3.63) is 124 Å². The highest BCUT2D eigenvalue weighted by Gasteiger charge is 2.39. The number of benzene rings is 3. The minimum Gasteiger partial charge on any atom is -0.487 e. The largest absolute Gasteiger partial charge is 0.487 e. The van der Waals surface area contributed by atoms with Gasteiger partial charge in [-0.1, -0.05) is 36.4 Å². The summed E-state index contributed by atoms with van der Waals surface area (Å²) in [7, 11) is 1.32. The van der Waals surface area contributed by atoms with Gasteiger partial charge in [-0.25, -0.2) is 4.79 Å². The molecule has 0 N–H and O–H groups in total. The van der Waals surface area contributed by atoms with Gasteiger partial charge in [0.15, 0.2) is 5.76 Å². The van der Waals surface area contributed by atoms with Crippen molar-refractivity contribution in [3.63, 3.8) is 0 Å². The van der Waals surface area contributed by atoms with Gasteiger partial charge in [-0.05, 0) is 54.1 Å². The highest BCUT2D eigenvalue weighted by Crippen LogP contribution is 2.50. The predicted molar refractivity (Wildman–Crippen MR) is 144 cm³/mol. The summed E-state index contributed by atoms with van der Waals surface area (Å²) in [5, 5.41) is 0. The highest BCUT2D eigenvalue weighted by molar-refractivity contribution is 6.15. The van der Waals surface area contributed by atoms with E-state index in [4.69, 9.17) is 18.9 Å². The fraction of sp³-hybridized carbons (Fsp3) is 0.125. The predicted octanol–water partition coefficient (Wildman–Crippen LogP) is 5.50. The molecule has 0 aliphatic carbocycles. The quantitative estimate of drug-likeness (QED) is 0.182. The molecule has 0 spiro atoms. The van der Waals surface area contributed by atoms with Crippen LogP contribution in [0.3, 0.4) is 0 Å². The number of nitrogens with zero attached hydrogens (tertiary/aromatic N) is 1. The number of carbonyl (C=O) groups excluding carboxylic acids is 3. The van der Waals surface area contributed by atoms with Crippen molar-refractivity contribution >= 4 is 23.8 Å². The van der Waals surface area contributed by atoms with E-state index < -0.39 is 11.9 Å². The minimum absolute atomic E-state index is 0.0546. The summed E-state index contributed by atoms with van der Waals surface area (Å²) in [5.74, 6) is -0.151. The third kappa shape index (κ3) is 4.71. The third-order valence-electron chi connectivity index (χ3n) is 6.81. The zero-order valence-corrected chi connectivity index (χ0v) is 21.5. The van der Waals surface area contributed by atoms with Crippen molar-refractivity contribution in [2.75, 3.05) is 7.11 Å². The Labute approximate surface area is 229 Å². The molecule has 198 valence electrons. The second kappa shape index (κ2) is 10.5. The fourth-order valence-electron chi connectivity index (χ4n) is 4.89. The van der Waals surface area contributed by atoms with Crippen molar-refractivity contribution in [1.29, 1.82) is 0 Å². The molecule has 40 heavy (non-hydrogen) atoms. The average Bonchev–Trinajstić information content (AvgIpc) is 3.30. The van der Waals surface area contributed by atoms with E-state index in [1.165, 1.54) is 7.11 Å². The van der Waals surface area contributed by atoms with E-state index in [0.717, 1.165) is 11.3 Å². The standard InChI is InChI=1S/C32H23NO7/c1-37-32(36)20-11-9-19(10-12-20)16-27-30(35)23-13-14-26-29(31(23)40-27)24(17-28(34)39-26)22-7-2-3-8-25(22)38-18-21-6-4-5-15-33-21/h2-16,24H,17-18H2,1H3/b27-16-/t24-/m1/s1. The summed E-state index contributed by atoms with van der Waals surface area (Å²) in [6.07, 6.45) is 3.37. The van der Waals surface area contributed by atoms with E-state index in [0.29, 0.717) is 39.5 Å². The van der Waals surface area contributed by atoms with Crippen LogP contribution in [0.25, 0.3) is 6.08 Å².